The molecule has 1 N–H and O–H groups in total. The molecule has 1 aromatic carbocycles. The van der Waals surface area contributed by atoms with Crippen LogP contribution in [-0.2, 0) is 16.3 Å². The van der Waals surface area contributed by atoms with Gasteiger partial charge in [-0.15, -0.1) is 12.6 Å². The summed E-state index contributed by atoms with van der Waals surface area (Å²) in [6, 6.07) is 5.17. The van der Waals surface area contributed by atoms with Gasteiger partial charge in [-0.25, -0.2) is 0 Å². The van der Waals surface area contributed by atoms with Crippen molar-refractivity contribution in [1.82, 2.24) is 10.1 Å². The number of thiol groups is 1. The Morgan fingerprint density at radius 3 is 3.00 bits per heavy atom. The number of halogens is 1. The van der Waals surface area contributed by atoms with Gasteiger partial charge in [0.1, 0.15) is 0 Å². The molecule has 98 valence electrons. The molecule has 19 heavy (non-hydrogen) atoms. The SMILES string of the molecule is O=C1N(Cc2ncon2)c2ccc(Br)cc2[C@]1(O)S. The molecule has 1 aliphatic rings. The molecule has 1 aromatic heterocycles. The lowest BCUT2D eigenvalue weighted by Crippen LogP contribution is -2.36. The molecule has 0 unspecified atom stereocenters. The van der Waals surface area contributed by atoms with Gasteiger partial charge in [0.2, 0.25) is 11.3 Å². The van der Waals surface area contributed by atoms with Crippen molar-refractivity contribution >= 4 is 40.2 Å². The number of fused-ring (bicyclic) bond motifs is 1. The monoisotopic (exact) mass is 341 g/mol. The van der Waals surface area contributed by atoms with E-state index in [4.69, 9.17) is 0 Å². The molecular formula is C11H8BrN3O3S. The van der Waals surface area contributed by atoms with Crippen molar-refractivity contribution in [3.05, 3.63) is 40.5 Å². The zero-order valence-electron chi connectivity index (χ0n) is 9.45. The van der Waals surface area contributed by atoms with Gasteiger partial charge < -0.3 is 14.5 Å². The molecule has 1 aliphatic heterocycles. The van der Waals surface area contributed by atoms with Crippen molar-refractivity contribution in [2.75, 3.05) is 4.90 Å². The maximum Gasteiger partial charge on any atom is 0.274 e. The standard InChI is InChI=1S/C11H8BrN3O3S/c12-6-1-2-8-7(3-6)11(17,19)10(16)15(8)4-9-13-5-18-14-9/h1-3,5,17,19H,4H2/t11-/m0/s1. The van der Waals surface area contributed by atoms with Crippen LogP contribution in [0.1, 0.15) is 11.4 Å². The largest absolute Gasteiger partial charge is 0.367 e. The molecule has 0 saturated heterocycles. The number of amides is 1. The van der Waals surface area contributed by atoms with Crippen LogP contribution in [0.25, 0.3) is 0 Å². The van der Waals surface area contributed by atoms with Crippen LogP contribution < -0.4 is 4.90 Å². The van der Waals surface area contributed by atoms with Gasteiger partial charge in [0.25, 0.3) is 5.91 Å². The van der Waals surface area contributed by atoms with E-state index >= 15 is 0 Å². The molecule has 0 bridgehead atoms. The highest BCUT2D eigenvalue weighted by atomic mass is 79.9. The number of nitrogens with zero attached hydrogens (tertiary/aromatic N) is 3. The second-order valence-corrected chi connectivity index (χ2v) is 5.64. The van der Waals surface area contributed by atoms with Crippen LogP contribution >= 0.6 is 28.6 Å². The minimum absolute atomic E-state index is 0.118. The lowest BCUT2D eigenvalue weighted by atomic mass is 10.1. The Bertz CT molecular complexity index is 645. The summed E-state index contributed by atoms with van der Waals surface area (Å²) in [7, 11) is 0. The lowest BCUT2D eigenvalue weighted by molar-refractivity contribution is -0.128. The zero-order chi connectivity index (χ0) is 13.6. The number of carbonyl (C=O) groups excluding carboxylic acids is 1. The highest BCUT2D eigenvalue weighted by Gasteiger charge is 2.47. The molecule has 6 nitrogen and oxygen atoms in total. The summed E-state index contributed by atoms with van der Waals surface area (Å²) < 4.78 is 5.39. The number of hydrogen-bond donors (Lipinski definition) is 2. The van der Waals surface area contributed by atoms with Crippen LogP contribution in [0, 0.1) is 0 Å². The summed E-state index contributed by atoms with van der Waals surface area (Å²) in [6.07, 6.45) is 1.19. The Labute approximate surface area is 122 Å². The van der Waals surface area contributed by atoms with Crippen LogP contribution in [0.4, 0.5) is 5.69 Å². The number of hydrogen-bond acceptors (Lipinski definition) is 6. The second-order valence-electron chi connectivity index (χ2n) is 4.07. The molecule has 2 heterocycles. The first kappa shape index (κ1) is 12.6. The van der Waals surface area contributed by atoms with Gasteiger partial charge in [-0.2, -0.15) is 4.98 Å². The Hall–Kier alpha value is -1.38. The fourth-order valence-electron chi connectivity index (χ4n) is 2.00. The van der Waals surface area contributed by atoms with Crippen LogP contribution in [0.2, 0.25) is 0 Å². The van der Waals surface area contributed by atoms with E-state index in [9.17, 15) is 9.90 Å². The first-order chi connectivity index (χ1) is 9.00. The van der Waals surface area contributed by atoms with E-state index in [1.165, 1.54) is 11.3 Å². The summed E-state index contributed by atoms with van der Waals surface area (Å²) >= 11 is 7.36. The average Bonchev–Trinajstić information content (AvgIpc) is 2.93. The smallest absolute Gasteiger partial charge is 0.274 e. The second kappa shape index (κ2) is 4.32. The number of rotatable bonds is 2. The molecule has 8 heteroatoms. The van der Waals surface area contributed by atoms with Gasteiger partial charge in [0, 0.05) is 10.0 Å². The quantitative estimate of drug-likeness (QED) is 0.638. The fourth-order valence-corrected chi connectivity index (χ4v) is 2.66. The minimum atomic E-state index is -1.84. The van der Waals surface area contributed by atoms with E-state index in [1.807, 2.05) is 0 Å². The molecule has 1 amide bonds. The highest BCUT2D eigenvalue weighted by molar-refractivity contribution is 9.10. The summed E-state index contributed by atoms with van der Waals surface area (Å²) in [4.78, 5) is 15.6. The summed E-state index contributed by atoms with van der Waals surface area (Å²) in [5.41, 5.74) is 1.01. The van der Waals surface area contributed by atoms with Crippen molar-refractivity contribution in [3.63, 3.8) is 0 Å². The fraction of sp³-hybridized carbons (Fsp3) is 0.182. The van der Waals surface area contributed by atoms with E-state index < -0.39 is 10.8 Å². The number of aromatic nitrogens is 2. The molecule has 0 saturated carbocycles. The average molecular weight is 342 g/mol. The molecule has 0 spiro atoms. The van der Waals surface area contributed by atoms with Crippen LogP contribution in [0.5, 0.6) is 0 Å². The number of benzene rings is 1. The van der Waals surface area contributed by atoms with Gasteiger partial charge >= 0.3 is 0 Å². The third-order valence-electron chi connectivity index (χ3n) is 2.87. The molecule has 3 rings (SSSR count). The molecule has 0 aliphatic carbocycles. The Morgan fingerprint density at radius 1 is 1.53 bits per heavy atom. The van der Waals surface area contributed by atoms with E-state index in [0.29, 0.717) is 17.1 Å². The molecule has 0 radical (unpaired) electrons. The minimum Gasteiger partial charge on any atom is -0.367 e. The number of carbonyl (C=O) groups is 1. The topological polar surface area (TPSA) is 79.5 Å². The van der Waals surface area contributed by atoms with Gasteiger partial charge in [0.05, 0.1) is 12.2 Å². The molecule has 2 aromatic rings. The predicted octanol–water partition coefficient (Wildman–Crippen LogP) is 1.45. The van der Waals surface area contributed by atoms with Crippen LogP contribution in [0.3, 0.4) is 0 Å². The van der Waals surface area contributed by atoms with Crippen molar-refractivity contribution < 1.29 is 14.4 Å². The van der Waals surface area contributed by atoms with Gasteiger partial charge in [0.15, 0.2) is 5.82 Å². The Balaban J connectivity index is 2.06. The van der Waals surface area contributed by atoms with E-state index in [-0.39, 0.29) is 6.54 Å². The molecule has 1 atom stereocenters. The lowest BCUT2D eigenvalue weighted by Gasteiger charge is -2.17. The highest BCUT2D eigenvalue weighted by Crippen LogP contribution is 2.44. The Kier molecular flexibility index (Phi) is 2.88. The maximum absolute atomic E-state index is 12.2. The first-order valence-electron chi connectivity index (χ1n) is 5.32. The maximum atomic E-state index is 12.2. The molecule has 0 fully saturated rings. The normalized spacial score (nSPS) is 21.8. The van der Waals surface area contributed by atoms with E-state index in [2.05, 4.69) is 43.2 Å². The van der Waals surface area contributed by atoms with Crippen LogP contribution in [-0.4, -0.2) is 21.2 Å². The predicted molar refractivity (Wildman–Crippen MR) is 72.5 cm³/mol. The summed E-state index contributed by atoms with van der Waals surface area (Å²) in [5.74, 6) is -0.179. The van der Waals surface area contributed by atoms with E-state index in [1.54, 1.807) is 18.2 Å². The van der Waals surface area contributed by atoms with Crippen molar-refractivity contribution in [3.8, 4) is 0 Å². The first-order valence-corrected chi connectivity index (χ1v) is 6.56. The number of anilines is 1. The third kappa shape index (κ3) is 1.96. The summed E-state index contributed by atoms with van der Waals surface area (Å²) in [5, 5.41) is 13.9. The van der Waals surface area contributed by atoms with Crippen LogP contribution in [0.15, 0.2) is 33.6 Å². The summed E-state index contributed by atoms with van der Waals surface area (Å²) in [6.45, 7) is 0.118. The van der Waals surface area contributed by atoms with Gasteiger partial charge in [-0.05, 0) is 18.2 Å². The Morgan fingerprint density at radius 2 is 2.32 bits per heavy atom. The van der Waals surface area contributed by atoms with Crippen molar-refractivity contribution in [2.24, 2.45) is 0 Å². The molecular weight excluding hydrogens is 334 g/mol. The van der Waals surface area contributed by atoms with Gasteiger partial charge in [-0.1, -0.05) is 21.1 Å². The zero-order valence-corrected chi connectivity index (χ0v) is 11.9. The number of aliphatic hydroxyl groups is 1. The van der Waals surface area contributed by atoms with Crippen molar-refractivity contribution in [2.45, 2.75) is 11.5 Å². The van der Waals surface area contributed by atoms with E-state index in [0.717, 1.165) is 4.47 Å². The third-order valence-corrected chi connectivity index (χ3v) is 3.80. The van der Waals surface area contributed by atoms with Crippen molar-refractivity contribution in [1.29, 1.82) is 0 Å². The van der Waals surface area contributed by atoms with Gasteiger partial charge in [-0.3, -0.25) is 4.79 Å².